The van der Waals surface area contributed by atoms with Crippen LogP contribution >= 0.6 is 11.9 Å². The predicted octanol–water partition coefficient (Wildman–Crippen LogP) is 2.13. The van der Waals surface area contributed by atoms with Crippen LogP contribution in [0, 0.1) is 0 Å². The fourth-order valence-electron chi connectivity index (χ4n) is 1.72. The van der Waals surface area contributed by atoms with Gasteiger partial charge < -0.3 is 0 Å². The molecule has 1 saturated carbocycles. The molecule has 1 fully saturated rings. The maximum atomic E-state index is 4.27. The van der Waals surface area contributed by atoms with Crippen LogP contribution in [0.25, 0.3) is 0 Å². The van der Waals surface area contributed by atoms with Crippen LogP contribution in [0.3, 0.4) is 0 Å². The number of hydrazine groups is 1. The van der Waals surface area contributed by atoms with Crippen molar-refractivity contribution in [1.82, 2.24) is 19.4 Å². The summed E-state index contributed by atoms with van der Waals surface area (Å²) in [6.45, 7) is 6.51. The Hall–Kier alpha value is -0.880. The van der Waals surface area contributed by atoms with Gasteiger partial charge in [-0.15, -0.1) is 0 Å². The lowest BCUT2D eigenvalue weighted by Gasteiger charge is -2.42. The molecular weight excluding hydrogens is 234 g/mol. The average Bonchev–Trinajstić information content (AvgIpc) is 3.09. The molecule has 5 nitrogen and oxygen atoms in total. The zero-order valence-electron chi connectivity index (χ0n) is 10.8. The van der Waals surface area contributed by atoms with Gasteiger partial charge >= 0.3 is 0 Å². The summed E-state index contributed by atoms with van der Waals surface area (Å²) in [6, 6.07) is 0.612. The molecule has 0 saturated heterocycles. The van der Waals surface area contributed by atoms with Crippen LogP contribution in [0.1, 0.15) is 33.6 Å². The first-order valence-corrected chi connectivity index (χ1v) is 6.97. The third-order valence-electron chi connectivity index (χ3n) is 2.55. The van der Waals surface area contributed by atoms with Crippen molar-refractivity contribution in [2.24, 2.45) is 0 Å². The van der Waals surface area contributed by atoms with Gasteiger partial charge in [0.15, 0.2) is 0 Å². The molecule has 0 radical (unpaired) electrons. The minimum Gasteiger partial charge on any atom is -0.258 e. The van der Waals surface area contributed by atoms with E-state index in [-0.39, 0.29) is 5.54 Å². The Kier molecular flexibility index (Phi) is 3.53. The highest BCUT2D eigenvalue weighted by Crippen LogP contribution is 2.37. The van der Waals surface area contributed by atoms with E-state index in [4.69, 9.17) is 0 Å². The van der Waals surface area contributed by atoms with Crippen LogP contribution in [0.5, 0.6) is 0 Å². The SMILES string of the molecule is CSN(C1CC1)N(c1ncncn1)C(C)(C)C. The minimum absolute atomic E-state index is 0.0487. The second-order valence-corrected chi connectivity index (χ2v) is 5.88. The van der Waals surface area contributed by atoms with Gasteiger partial charge in [0.2, 0.25) is 5.95 Å². The first-order valence-electron chi connectivity index (χ1n) is 5.79. The Morgan fingerprint density at radius 1 is 1.24 bits per heavy atom. The third-order valence-corrected chi connectivity index (χ3v) is 3.38. The molecule has 1 aromatic heterocycles. The van der Waals surface area contributed by atoms with E-state index in [0.29, 0.717) is 12.0 Å². The molecule has 1 aromatic rings. The van der Waals surface area contributed by atoms with Gasteiger partial charge in [-0.3, -0.25) is 5.01 Å². The summed E-state index contributed by atoms with van der Waals surface area (Å²) >= 11 is 1.73. The smallest absolute Gasteiger partial charge is 0.244 e. The normalized spacial score (nSPS) is 16.3. The summed E-state index contributed by atoms with van der Waals surface area (Å²) in [4.78, 5) is 12.4. The first kappa shape index (κ1) is 12.6. The van der Waals surface area contributed by atoms with Crippen LogP contribution in [0.2, 0.25) is 0 Å². The molecule has 6 heteroatoms. The number of nitrogens with zero attached hydrogens (tertiary/aromatic N) is 5. The molecule has 1 aliphatic carbocycles. The largest absolute Gasteiger partial charge is 0.258 e. The van der Waals surface area contributed by atoms with Gasteiger partial charge in [0.1, 0.15) is 12.7 Å². The number of anilines is 1. The van der Waals surface area contributed by atoms with Crippen LogP contribution in [-0.4, -0.2) is 37.2 Å². The molecule has 94 valence electrons. The van der Waals surface area contributed by atoms with Crippen LogP contribution in [0.15, 0.2) is 12.7 Å². The van der Waals surface area contributed by atoms with E-state index in [0.717, 1.165) is 0 Å². The second-order valence-electron chi connectivity index (χ2n) is 5.14. The molecule has 1 aliphatic rings. The Morgan fingerprint density at radius 3 is 2.24 bits per heavy atom. The number of rotatable bonds is 4. The van der Waals surface area contributed by atoms with Crippen molar-refractivity contribution in [3.8, 4) is 0 Å². The number of hydrogen-bond acceptors (Lipinski definition) is 6. The maximum Gasteiger partial charge on any atom is 0.244 e. The van der Waals surface area contributed by atoms with Crippen molar-refractivity contribution in [3.63, 3.8) is 0 Å². The Morgan fingerprint density at radius 2 is 1.82 bits per heavy atom. The summed E-state index contributed by atoms with van der Waals surface area (Å²) in [6.07, 6.45) is 7.69. The highest BCUT2D eigenvalue weighted by Gasteiger charge is 2.38. The van der Waals surface area contributed by atoms with E-state index in [2.05, 4.69) is 51.4 Å². The molecule has 0 atom stereocenters. The van der Waals surface area contributed by atoms with Crippen molar-refractivity contribution >= 4 is 17.9 Å². The molecule has 0 amide bonds. The molecule has 0 spiro atoms. The fraction of sp³-hybridized carbons (Fsp3) is 0.727. The first-order chi connectivity index (χ1) is 8.04. The van der Waals surface area contributed by atoms with Gasteiger partial charge in [-0.05, 0) is 39.9 Å². The van der Waals surface area contributed by atoms with E-state index in [1.165, 1.54) is 12.8 Å². The van der Waals surface area contributed by atoms with Crippen molar-refractivity contribution < 1.29 is 0 Å². The molecule has 2 rings (SSSR count). The topological polar surface area (TPSA) is 45.2 Å². The lowest BCUT2D eigenvalue weighted by Crippen LogP contribution is -2.52. The van der Waals surface area contributed by atoms with Gasteiger partial charge in [0, 0.05) is 6.04 Å². The lowest BCUT2D eigenvalue weighted by molar-refractivity contribution is 0.313. The van der Waals surface area contributed by atoms with Crippen molar-refractivity contribution in [1.29, 1.82) is 0 Å². The van der Waals surface area contributed by atoms with Gasteiger partial charge in [0.05, 0.1) is 5.54 Å². The third kappa shape index (κ3) is 2.87. The Balaban J connectivity index is 2.31. The van der Waals surface area contributed by atoms with Gasteiger partial charge in [-0.1, -0.05) is 11.9 Å². The zero-order chi connectivity index (χ0) is 12.5. The fourth-order valence-corrected chi connectivity index (χ4v) is 2.71. The van der Waals surface area contributed by atoms with Crippen molar-refractivity contribution in [2.75, 3.05) is 11.3 Å². The number of hydrogen-bond donors (Lipinski definition) is 0. The van der Waals surface area contributed by atoms with E-state index < -0.39 is 0 Å². The van der Waals surface area contributed by atoms with Crippen LogP contribution in [0.4, 0.5) is 5.95 Å². The Labute approximate surface area is 107 Å². The summed E-state index contributed by atoms with van der Waals surface area (Å²) < 4.78 is 2.29. The zero-order valence-corrected chi connectivity index (χ0v) is 11.6. The molecule has 0 aromatic carbocycles. The van der Waals surface area contributed by atoms with Crippen LogP contribution < -0.4 is 5.01 Å². The monoisotopic (exact) mass is 253 g/mol. The van der Waals surface area contributed by atoms with E-state index in [9.17, 15) is 0 Å². The van der Waals surface area contributed by atoms with Crippen molar-refractivity contribution in [2.45, 2.75) is 45.2 Å². The lowest BCUT2D eigenvalue weighted by atomic mass is 10.1. The van der Waals surface area contributed by atoms with Crippen molar-refractivity contribution in [3.05, 3.63) is 12.7 Å². The maximum absolute atomic E-state index is 4.27. The summed E-state index contributed by atoms with van der Waals surface area (Å²) in [5.41, 5.74) is -0.0487. The average molecular weight is 253 g/mol. The molecule has 17 heavy (non-hydrogen) atoms. The quantitative estimate of drug-likeness (QED) is 0.605. The summed E-state index contributed by atoms with van der Waals surface area (Å²) in [7, 11) is 0. The molecule has 0 unspecified atom stereocenters. The van der Waals surface area contributed by atoms with Gasteiger partial charge in [0.25, 0.3) is 0 Å². The van der Waals surface area contributed by atoms with Gasteiger partial charge in [-0.2, -0.15) is 4.41 Å². The Bertz CT molecular complexity index is 360. The molecule has 1 heterocycles. The molecule has 0 N–H and O–H groups in total. The van der Waals surface area contributed by atoms with E-state index >= 15 is 0 Å². The molecule has 0 bridgehead atoms. The summed E-state index contributed by atoms with van der Waals surface area (Å²) in [5, 5.41) is 2.16. The standard InChI is InChI=1S/C11H19N5S/c1-11(2,3)15(10-13-7-12-8-14-10)16(17-4)9-5-6-9/h7-9H,5-6H2,1-4H3. The van der Waals surface area contributed by atoms with E-state index in [1.807, 2.05) is 0 Å². The highest BCUT2D eigenvalue weighted by molar-refractivity contribution is 7.96. The van der Waals surface area contributed by atoms with Gasteiger partial charge in [-0.25, -0.2) is 15.0 Å². The molecular formula is C11H19N5S. The second kappa shape index (κ2) is 4.78. The number of aromatic nitrogens is 3. The minimum atomic E-state index is -0.0487. The summed E-state index contributed by atoms with van der Waals surface area (Å²) in [5.74, 6) is 0.716. The molecule has 0 aliphatic heterocycles. The predicted molar refractivity (Wildman–Crippen MR) is 70.4 cm³/mol. The highest BCUT2D eigenvalue weighted by atomic mass is 32.2. The van der Waals surface area contributed by atoms with E-state index in [1.54, 1.807) is 24.6 Å². The van der Waals surface area contributed by atoms with Crippen LogP contribution in [-0.2, 0) is 0 Å².